The Balaban J connectivity index is 2.13. The van der Waals surface area contributed by atoms with Crippen molar-refractivity contribution in [3.8, 4) is 0 Å². The molecule has 106 valence electrons. The Kier molecular flexibility index (Phi) is 4.58. The molecule has 0 aliphatic heterocycles. The van der Waals surface area contributed by atoms with Gasteiger partial charge in [-0.1, -0.05) is 25.8 Å². The fourth-order valence-corrected chi connectivity index (χ4v) is 3.40. The van der Waals surface area contributed by atoms with Crippen molar-refractivity contribution in [1.82, 2.24) is 9.88 Å². The second kappa shape index (κ2) is 6.02. The van der Waals surface area contributed by atoms with Crippen LogP contribution in [0.4, 0.5) is 0 Å². The Morgan fingerprint density at radius 1 is 1.53 bits per heavy atom. The predicted octanol–water partition coefficient (Wildman–Crippen LogP) is 2.73. The van der Waals surface area contributed by atoms with Gasteiger partial charge in [0.25, 0.3) is 0 Å². The summed E-state index contributed by atoms with van der Waals surface area (Å²) in [6, 6.07) is 4.13. The Morgan fingerprint density at radius 3 is 2.95 bits per heavy atom. The van der Waals surface area contributed by atoms with Crippen molar-refractivity contribution >= 4 is 0 Å². The first-order valence-electron chi connectivity index (χ1n) is 7.39. The van der Waals surface area contributed by atoms with Crippen molar-refractivity contribution in [2.75, 3.05) is 13.6 Å². The second-order valence-corrected chi connectivity index (χ2v) is 6.25. The number of hydrogen-bond acceptors (Lipinski definition) is 3. The Bertz CT molecular complexity index is 418. The monoisotopic (exact) mass is 261 g/mol. The van der Waals surface area contributed by atoms with E-state index in [0.717, 1.165) is 19.0 Å². The van der Waals surface area contributed by atoms with Gasteiger partial charge in [0, 0.05) is 24.8 Å². The van der Waals surface area contributed by atoms with Gasteiger partial charge in [0.15, 0.2) is 0 Å². The van der Waals surface area contributed by atoms with Gasteiger partial charge < -0.3 is 5.73 Å². The topological polar surface area (TPSA) is 42.2 Å². The molecule has 1 heterocycles. The van der Waals surface area contributed by atoms with E-state index in [4.69, 9.17) is 5.73 Å². The third-order valence-corrected chi connectivity index (χ3v) is 4.76. The van der Waals surface area contributed by atoms with Crippen molar-refractivity contribution in [3.05, 3.63) is 29.6 Å². The van der Waals surface area contributed by atoms with E-state index in [0.29, 0.717) is 0 Å². The number of aryl methyl sites for hydroxylation is 1. The van der Waals surface area contributed by atoms with Gasteiger partial charge in [0.05, 0.1) is 5.69 Å². The van der Waals surface area contributed by atoms with Gasteiger partial charge in [0.1, 0.15) is 0 Å². The van der Waals surface area contributed by atoms with Crippen LogP contribution in [-0.4, -0.2) is 29.0 Å². The summed E-state index contributed by atoms with van der Waals surface area (Å²) in [4.78, 5) is 6.96. The quantitative estimate of drug-likeness (QED) is 0.906. The zero-order valence-electron chi connectivity index (χ0n) is 12.5. The van der Waals surface area contributed by atoms with Crippen molar-refractivity contribution in [3.63, 3.8) is 0 Å². The number of aromatic nitrogens is 1. The molecule has 0 aromatic carbocycles. The van der Waals surface area contributed by atoms with Crippen LogP contribution in [0.25, 0.3) is 0 Å². The van der Waals surface area contributed by atoms with Crippen molar-refractivity contribution in [2.45, 2.75) is 51.6 Å². The molecule has 2 N–H and O–H groups in total. The first-order chi connectivity index (χ1) is 9.07. The summed E-state index contributed by atoms with van der Waals surface area (Å²) in [6.45, 7) is 6.13. The van der Waals surface area contributed by atoms with Crippen molar-refractivity contribution in [2.24, 2.45) is 11.7 Å². The molecule has 2 rings (SSSR count). The lowest BCUT2D eigenvalue weighted by molar-refractivity contribution is 0.0543. The molecule has 0 spiro atoms. The molecular formula is C16H27N3. The highest BCUT2D eigenvalue weighted by molar-refractivity contribution is 5.18. The normalized spacial score (nSPS) is 27.7. The fraction of sp³-hybridized carbons (Fsp3) is 0.688. The summed E-state index contributed by atoms with van der Waals surface area (Å²) in [6.07, 6.45) is 6.96. The standard InChI is InChI=1S/C16H27N3/c1-13-6-4-8-16(10-13,12-17)19(3)11-15-14(2)7-5-9-18-15/h5,7,9,13H,4,6,8,10-12,17H2,1-3H3. The molecule has 3 heteroatoms. The molecule has 1 aromatic heterocycles. The summed E-state index contributed by atoms with van der Waals surface area (Å²) in [5.41, 5.74) is 8.75. The van der Waals surface area contributed by atoms with Gasteiger partial charge in [-0.3, -0.25) is 9.88 Å². The number of likely N-dealkylation sites (N-methyl/N-ethyl adjacent to an activating group) is 1. The van der Waals surface area contributed by atoms with Crippen LogP contribution < -0.4 is 5.73 Å². The molecule has 19 heavy (non-hydrogen) atoms. The van der Waals surface area contributed by atoms with E-state index >= 15 is 0 Å². The molecular weight excluding hydrogens is 234 g/mol. The smallest absolute Gasteiger partial charge is 0.0573 e. The lowest BCUT2D eigenvalue weighted by Gasteiger charge is -2.46. The highest BCUT2D eigenvalue weighted by atomic mass is 15.2. The summed E-state index contributed by atoms with van der Waals surface area (Å²) in [5, 5.41) is 0. The minimum atomic E-state index is 0.168. The molecule has 2 atom stereocenters. The lowest BCUT2D eigenvalue weighted by Crippen LogP contribution is -2.54. The van der Waals surface area contributed by atoms with Gasteiger partial charge in [0.2, 0.25) is 0 Å². The second-order valence-electron chi connectivity index (χ2n) is 6.25. The third-order valence-electron chi connectivity index (χ3n) is 4.76. The van der Waals surface area contributed by atoms with Crippen LogP contribution in [0, 0.1) is 12.8 Å². The Hall–Kier alpha value is -0.930. The molecule has 1 aliphatic carbocycles. The maximum absolute atomic E-state index is 6.13. The molecule has 1 saturated carbocycles. The molecule has 0 radical (unpaired) electrons. The molecule has 1 aromatic rings. The van der Waals surface area contributed by atoms with Crippen LogP contribution >= 0.6 is 0 Å². The average Bonchev–Trinajstić information content (AvgIpc) is 2.41. The van der Waals surface area contributed by atoms with Gasteiger partial charge in [-0.2, -0.15) is 0 Å². The molecule has 0 saturated heterocycles. The summed E-state index contributed by atoms with van der Waals surface area (Å²) in [7, 11) is 2.21. The molecule has 0 amide bonds. The zero-order valence-corrected chi connectivity index (χ0v) is 12.5. The largest absolute Gasteiger partial charge is 0.329 e. The zero-order chi connectivity index (χ0) is 13.9. The van der Waals surface area contributed by atoms with E-state index in [-0.39, 0.29) is 5.54 Å². The Labute approximate surface area is 117 Å². The van der Waals surface area contributed by atoms with Crippen LogP contribution in [0.1, 0.15) is 43.9 Å². The van der Waals surface area contributed by atoms with Crippen LogP contribution in [-0.2, 0) is 6.54 Å². The summed E-state index contributed by atoms with van der Waals surface area (Å²) in [5.74, 6) is 0.782. The molecule has 2 unspecified atom stereocenters. The van der Waals surface area contributed by atoms with Crippen LogP contribution in [0.2, 0.25) is 0 Å². The van der Waals surface area contributed by atoms with Crippen molar-refractivity contribution < 1.29 is 0 Å². The lowest BCUT2D eigenvalue weighted by atomic mass is 9.75. The van der Waals surface area contributed by atoms with E-state index in [1.165, 1.54) is 36.9 Å². The first kappa shape index (κ1) is 14.5. The molecule has 3 nitrogen and oxygen atoms in total. The van der Waals surface area contributed by atoms with Crippen LogP contribution in [0.5, 0.6) is 0 Å². The van der Waals surface area contributed by atoms with E-state index < -0.39 is 0 Å². The summed E-state index contributed by atoms with van der Waals surface area (Å²) >= 11 is 0. The van der Waals surface area contributed by atoms with Crippen LogP contribution in [0.15, 0.2) is 18.3 Å². The SMILES string of the molecule is Cc1cccnc1CN(C)C1(CN)CCCC(C)C1. The molecule has 0 bridgehead atoms. The van der Waals surface area contributed by atoms with Gasteiger partial charge in [-0.25, -0.2) is 0 Å². The average molecular weight is 261 g/mol. The maximum Gasteiger partial charge on any atom is 0.0573 e. The number of nitrogens with zero attached hydrogens (tertiary/aromatic N) is 2. The van der Waals surface area contributed by atoms with E-state index in [1.807, 2.05) is 12.3 Å². The minimum Gasteiger partial charge on any atom is -0.329 e. The van der Waals surface area contributed by atoms with E-state index in [1.54, 1.807) is 0 Å². The summed E-state index contributed by atoms with van der Waals surface area (Å²) < 4.78 is 0. The van der Waals surface area contributed by atoms with Gasteiger partial charge in [-0.15, -0.1) is 0 Å². The van der Waals surface area contributed by atoms with Gasteiger partial charge in [-0.05, 0) is 44.4 Å². The van der Waals surface area contributed by atoms with E-state index in [9.17, 15) is 0 Å². The maximum atomic E-state index is 6.13. The first-order valence-corrected chi connectivity index (χ1v) is 7.39. The van der Waals surface area contributed by atoms with Crippen molar-refractivity contribution in [1.29, 1.82) is 0 Å². The third kappa shape index (κ3) is 3.15. The molecule has 1 fully saturated rings. The number of hydrogen-bond donors (Lipinski definition) is 1. The highest BCUT2D eigenvalue weighted by Gasteiger charge is 2.37. The number of rotatable bonds is 4. The minimum absolute atomic E-state index is 0.168. The fourth-order valence-electron chi connectivity index (χ4n) is 3.40. The Morgan fingerprint density at radius 2 is 2.32 bits per heavy atom. The predicted molar refractivity (Wildman–Crippen MR) is 79.9 cm³/mol. The number of pyridine rings is 1. The highest BCUT2D eigenvalue weighted by Crippen LogP contribution is 2.36. The van der Waals surface area contributed by atoms with Gasteiger partial charge >= 0.3 is 0 Å². The number of nitrogens with two attached hydrogens (primary N) is 1. The molecule has 1 aliphatic rings. The van der Waals surface area contributed by atoms with Crippen LogP contribution in [0.3, 0.4) is 0 Å². The van der Waals surface area contributed by atoms with E-state index in [2.05, 4.69) is 36.8 Å².